The molecule has 0 aromatic carbocycles. The minimum atomic E-state index is -1.13. The molecule has 0 bridgehead atoms. The van der Waals surface area contributed by atoms with E-state index in [0.717, 1.165) is 0 Å². The van der Waals surface area contributed by atoms with Crippen molar-refractivity contribution in [1.82, 2.24) is 0 Å². The second-order valence-electron chi connectivity index (χ2n) is 2.71. The smallest absolute Gasteiger partial charge is 0.376 e. The lowest BCUT2D eigenvalue weighted by molar-refractivity contribution is -0.152. The molecule has 0 spiro atoms. The summed E-state index contributed by atoms with van der Waals surface area (Å²) in [6, 6.07) is 3.10. The molecule has 1 heterocycles. The molecule has 16 heavy (non-hydrogen) atoms. The third-order valence-corrected chi connectivity index (χ3v) is 5.05. The second-order valence-corrected chi connectivity index (χ2v) is 5.99. The van der Waals surface area contributed by atoms with Gasteiger partial charge in [0, 0.05) is 22.6 Å². The van der Waals surface area contributed by atoms with E-state index in [-0.39, 0.29) is 0 Å². The molecule has 0 amide bonds. The summed E-state index contributed by atoms with van der Waals surface area (Å²) in [6.45, 7) is 0. The third-order valence-electron chi connectivity index (χ3n) is 1.83. The molecule has 4 nitrogen and oxygen atoms in total. The Bertz CT molecular complexity index is 380. The summed E-state index contributed by atoms with van der Waals surface area (Å²) in [4.78, 5) is 23.0. The lowest BCUT2D eigenvalue weighted by Gasteiger charge is -2.05. The number of halogens is 2. The van der Waals surface area contributed by atoms with Crippen LogP contribution in [-0.2, 0) is 19.1 Å². The minimum absolute atomic E-state index is 0.339. The summed E-state index contributed by atoms with van der Waals surface area (Å²) in [5.74, 6) is -1.43. The second kappa shape index (κ2) is 5.52. The molecule has 0 aliphatic carbocycles. The Morgan fingerprint density at radius 2 is 1.50 bits per heavy atom. The highest BCUT2D eigenvalue weighted by atomic mass is 35.5. The van der Waals surface area contributed by atoms with Crippen LogP contribution >= 0.6 is 33.7 Å². The van der Waals surface area contributed by atoms with E-state index >= 15 is 0 Å². The first kappa shape index (κ1) is 13.3. The fourth-order valence-electron chi connectivity index (χ4n) is 1.10. The van der Waals surface area contributed by atoms with Gasteiger partial charge in [0.25, 0.3) is 0 Å². The van der Waals surface area contributed by atoms with Gasteiger partial charge in [0.1, 0.15) is 0 Å². The van der Waals surface area contributed by atoms with Crippen LogP contribution in [0, 0.1) is 0 Å². The molecular weight excluding hydrogens is 275 g/mol. The highest BCUT2D eigenvalue weighted by Gasteiger charge is 2.43. The molecule has 0 saturated carbocycles. The Hall–Kier alpha value is -0.780. The van der Waals surface area contributed by atoms with Crippen molar-refractivity contribution in [3.8, 4) is 0 Å². The molecule has 0 aliphatic heterocycles. The monoisotopic (exact) mass is 283 g/mol. The fraction of sp³-hybridized carbons (Fsp3) is 0.333. The standard InChI is InChI=1S/C9H9Cl2O4S/c1-14-8(12)7(9(13)15-2)16-5(10)3-4-6(16)11/h3-4,7H,1-2H3/q+1. The molecule has 7 heteroatoms. The summed E-state index contributed by atoms with van der Waals surface area (Å²) in [7, 11) is 1.36. The van der Waals surface area contributed by atoms with Gasteiger partial charge >= 0.3 is 17.2 Å². The van der Waals surface area contributed by atoms with E-state index in [1.807, 2.05) is 0 Å². The molecule has 0 aliphatic rings. The van der Waals surface area contributed by atoms with E-state index in [1.165, 1.54) is 14.2 Å². The lowest BCUT2D eigenvalue weighted by atomic mass is 10.4. The number of carbonyl (C=O) groups is 2. The van der Waals surface area contributed by atoms with Crippen LogP contribution in [0.15, 0.2) is 12.1 Å². The lowest BCUT2D eigenvalue weighted by Crippen LogP contribution is -2.21. The van der Waals surface area contributed by atoms with E-state index in [2.05, 4.69) is 9.47 Å². The molecule has 0 unspecified atom stereocenters. The Balaban J connectivity index is 3.21. The van der Waals surface area contributed by atoms with Crippen LogP contribution in [0.4, 0.5) is 0 Å². The van der Waals surface area contributed by atoms with Gasteiger partial charge in [-0.3, -0.25) is 0 Å². The zero-order chi connectivity index (χ0) is 12.3. The van der Waals surface area contributed by atoms with Crippen molar-refractivity contribution in [2.45, 2.75) is 5.25 Å². The van der Waals surface area contributed by atoms with Gasteiger partial charge in [-0.1, -0.05) is 0 Å². The van der Waals surface area contributed by atoms with Crippen LogP contribution in [0.1, 0.15) is 5.25 Å². The number of methoxy groups -OCH3 is 2. The molecular formula is C9H9Cl2O4S+. The zero-order valence-electron chi connectivity index (χ0n) is 8.53. The van der Waals surface area contributed by atoms with Crippen LogP contribution in [0.3, 0.4) is 0 Å². The third kappa shape index (κ3) is 2.48. The Labute approximate surface area is 105 Å². The summed E-state index contributed by atoms with van der Waals surface area (Å²) in [5, 5.41) is -1.13. The molecule has 1 aromatic heterocycles. The Morgan fingerprint density at radius 1 is 1.12 bits per heavy atom. The van der Waals surface area contributed by atoms with Gasteiger partial charge in [-0.25, -0.2) is 9.59 Å². The van der Waals surface area contributed by atoms with Gasteiger partial charge in [0.15, 0.2) is 0 Å². The van der Waals surface area contributed by atoms with Crippen molar-refractivity contribution in [1.29, 1.82) is 0 Å². The summed E-state index contributed by atoms with van der Waals surface area (Å²) >= 11 is 11.8. The molecule has 88 valence electrons. The van der Waals surface area contributed by atoms with Gasteiger partial charge in [-0.15, -0.1) is 0 Å². The van der Waals surface area contributed by atoms with Crippen molar-refractivity contribution in [2.24, 2.45) is 0 Å². The molecule has 0 saturated heterocycles. The zero-order valence-corrected chi connectivity index (χ0v) is 10.9. The molecule has 1 rings (SSSR count). The van der Waals surface area contributed by atoms with Crippen LogP contribution in [-0.4, -0.2) is 26.2 Å². The first-order valence-electron chi connectivity index (χ1n) is 4.14. The average Bonchev–Trinajstić information content (AvgIpc) is 2.60. The van der Waals surface area contributed by atoms with Crippen molar-refractivity contribution >= 4 is 45.6 Å². The van der Waals surface area contributed by atoms with Gasteiger partial charge in [-0.2, -0.15) is 0 Å². The molecule has 1 aromatic rings. The number of ether oxygens (including phenoxy) is 2. The van der Waals surface area contributed by atoms with Crippen LogP contribution in [0.25, 0.3) is 0 Å². The maximum atomic E-state index is 11.5. The molecule has 0 fully saturated rings. The van der Waals surface area contributed by atoms with E-state index < -0.39 is 27.7 Å². The van der Waals surface area contributed by atoms with Crippen LogP contribution in [0.5, 0.6) is 0 Å². The highest BCUT2D eigenvalue weighted by Crippen LogP contribution is 2.47. The number of thiophene rings is 1. The van der Waals surface area contributed by atoms with E-state index in [1.54, 1.807) is 12.1 Å². The molecule has 0 N–H and O–H groups in total. The summed E-state index contributed by atoms with van der Waals surface area (Å²) < 4.78 is 9.76. The largest absolute Gasteiger partial charge is 0.465 e. The first-order valence-corrected chi connectivity index (χ1v) is 6.19. The van der Waals surface area contributed by atoms with Gasteiger partial charge in [0.2, 0.25) is 8.67 Å². The number of hydrogen-bond acceptors (Lipinski definition) is 4. The van der Waals surface area contributed by atoms with E-state index in [9.17, 15) is 9.59 Å². The minimum Gasteiger partial charge on any atom is -0.465 e. The number of rotatable bonds is 3. The summed E-state index contributed by atoms with van der Waals surface area (Å²) in [5.41, 5.74) is 0. The van der Waals surface area contributed by atoms with Crippen molar-refractivity contribution in [3.63, 3.8) is 0 Å². The highest BCUT2D eigenvalue weighted by molar-refractivity contribution is 7.40. The Kier molecular flexibility index (Phi) is 4.58. The maximum absolute atomic E-state index is 11.5. The van der Waals surface area contributed by atoms with Crippen LogP contribution in [0.2, 0.25) is 8.67 Å². The Morgan fingerprint density at radius 3 is 1.81 bits per heavy atom. The first-order chi connectivity index (χ1) is 7.52. The maximum Gasteiger partial charge on any atom is 0.376 e. The summed E-state index contributed by atoms with van der Waals surface area (Å²) in [6.07, 6.45) is 0. The quantitative estimate of drug-likeness (QED) is 0.486. The van der Waals surface area contributed by atoms with Crippen molar-refractivity contribution < 1.29 is 19.1 Å². The van der Waals surface area contributed by atoms with Gasteiger partial charge in [-0.05, 0) is 23.2 Å². The van der Waals surface area contributed by atoms with E-state index in [0.29, 0.717) is 8.67 Å². The van der Waals surface area contributed by atoms with E-state index in [4.69, 9.17) is 23.2 Å². The average molecular weight is 284 g/mol. The van der Waals surface area contributed by atoms with Crippen molar-refractivity contribution in [3.05, 3.63) is 20.8 Å². The van der Waals surface area contributed by atoms with Gasteiger partial charge in [0.05, 0.1) is 14.2 Å². The topological polar surface area (TPSA) is 52.6 Å². The molecule has 0 radical (unpaired) electrons. The SMILES string of the molecule is COC(=O)C(C(=O)OC)[s+]1c(Cl)ccc1Cl. The molecule has 0 atom stereocenters. The van der Waals surface area contributed by atoms with Crippen molar-refractivity contribution in [2.75, 3.05) is 14.2 Å². The fourth-order valence-corrected chi connectivity index (χ4v) is 4.02. The number of carbonyl (C=O) groups excluding carboxylic acids is 2. The number of esters is 2. The van der Waals surface area contributed by atoms with Crippen LogP contribution < -0.4 is 0 Å². The van der Waals surface area contributed by atoms with Gasteiger partial charge < -0.3 is 9.47 Å². The predicted octanol–water partition coefficient (Wildman–Crippen LogP) is 2.63. The predicted molar refractivity (Wildman–Crippen MR) is 62.0 cm³/mol. The number of hydrogen-bond donors (Lipinski definition) is 0. The normalized spacial score (nSPS) is 10.3.